The highest BCUT2D eigenvalue weighted by atomic mass is 35.5. The summed E-state index contributed by atoms with van der Waals surface area (Å²) in [5, 5.41) is 13.2. The standard InChI is InChI=1S/C24H31ClFN5O3Si/c1-12(2)34-21-17(35(4)24-29-13(3)20-22(27)28-9-10-31(20)24)11-16(25)19(26)18(21)23(33)30-14-5-7-15(32)8-6-14/h9-12,14-15,32,35H,5-8H2,1-4H3,(H2,27,28)(H,30,33)/t14?,15?,35-/m0/s1. The number of nitrogens with two attached hydrogens (primary N) is 1. The summed E-state index contributed by atoms with van der Waals surface area (Å²) in [4.78, 5) is 22.3. The Bertz CT molecular complexity index is 1260. The average molecular weight is 520 g/mol. The zero-order valence-electron chi connectivity index (χ0n) is 20.3. The number of imidazole rings is 1. The number of aliphatic hydroxyl groups excluding tert-OH is 1. The van der Waals surface area contributed by atoms with Gasteiger partial charge < -0.3 is 25.3 Å². The lowest BCUT2D eigenvalue weighted by Crippen LogP contribution is -2.46. The molecule has 1 aliphatic rings. The van der Waals surface area contributed by atoms with E-state index in [1.807, 2.05) is 31.7 Å². The van der Waals surface area contributed by atoms with Crippen molar-refractivity contribution in [2.45, 2.75) is 71.3 Å². The largest absolute Gasteiger partial charge is 0.490 e. The molecule has 0 aliphatic heterocycles. The molecule has 0 unspecified atom stereocenters. The maximum atomic E-state index is 15.4. The summed E-state index contributed by atoms with van der Waals surface area (Å²) in [6.07, 6.45) is 5.19. The van der Waals surface area contributed by atoms with Crippen LogP contribution in [0.3, 0.4) is 0 Å². The quantitative estimate of drug-likeness (QED) is 0.430. The summed E-state index contributed by atoms with van der Waals surface area (Å²) < 4.78 is 23.4. The molecule has 1 amide bonds. The summed E-state index contributed by atoms with van der Waals surface area (Å²) >= 11 is 6.34. The van der Waals surface area contributed by atoms with Crippen LogP contribution in [-0.4, -0.2) is 52.4 Å². The second kappa shape index (κ2) is 10.1. The van der Waals surface area contributed by atoms with Gasteiger partial charge in [0.15, 0.2) is 5.82 Å². The summed E-state index contributed by atoms with van der Waals surface area (Å²) in [5.74, 6) is -0.801. The van der Waals surface area contributed by atoms with E-state index >= 15 is 4.39 Å². The first-order chi connectivity index (χ1) is 16.6. The molecule has 4 N–H and O–H groups in total. The molecule has 0 radical (unpaired) electrons. The van der Waals surface area contributed by atoms with Crippen LogP contribution in [-0.2, 0) is 0 Å². The fourth-order valence-corrected chi connectivity index (χ4v) is 7.34. The zero-order valence-corrected chi connectivity index (χ0v) is 22.2. The van der Waals surface area contributed by atoms with Crippen LogP contribution in [0.25, 0.3) is 5.52 Å². The number of aromatic nitrogens is 3. The van der Waals surface area contributed by atoms with Gasteiger partial charge in [-0.2, -0.15) is 0 Å². The molecule has 1 saturated carbocycles. The highest BCUT2D eigenvalue weighted by molar-refractivity contribution is 6.84. The van der Waals surface area contributed by atoms with Crippen LogP contribution in [0.2, 0.25) is 11.6 Å². The number of rotatable bonds is 6. The molecule has 188 valence electrons. The van der Waals surface area contributed by atoms with E-state index in [9.17, 15) is 9.90 Å². The maximum absolute atomic E-state index is 15.4. The third-order valence-corrected chi connectivity index (χ3v) is 9.27. The number of fused-ring (bicyclic) bond motifs is 1. The lowest BCUT2D eigenvalue weighted by molar-refractivity contribution is 0.0858. The molecule has 1 fully saturated rings. The van der Waals surface area contributed by atoms with Crippen molar-refractivity contribution in [3.05, 3.63) is 40.6 Å². The molecule has 3 aromatic rings. The number of halogens is 2. The number of carbonyl (C=O) groups is 1. The number of carbonyl (C=O) groups excluding carboxylic acids is 1. The van der Waals surface area contributed by atoms with Crippen LogP contribution in [0, 0.1) is 12.7 Å². The van der Waals surface area contributed by atoms with E-state index in [0.29, 0.717) is 36.7 Å². The van der Waals surface area contributed by atoms with Crippen LogP contribution in [0.1, 0.15) is 55.6 Å². The molecule has 1 atom stereocenters. The number of nitrogens with zero attached hydrogens (tertiary/aromatic N) is 3. The van der Waals surface area contributed by atoms with Crippen molar-refractivity contribution in [3.63, 3.8) is 0 Å². The third-order valence-electron chi connectivity index (χ3n) is 6.45. The number of aryl methyl sites for hydroxylation is 1. The Morgan fingerprint density at radius 2 is 2.06 bits per heavy atom. The summed E-state index contributed by atoms with van der Waals surface area (Å²) in [6, 6.07) is 1.41. The van der Waals surface area contributed by atoms with Crippen molar-refractivity contribution >= 4 is 48.3 Å². The lowest BCUT2D eigenvalue weighted by Gasteiger charge is -2.27. The fraction of sp³-hybridized carbons (Fsp3) is 0.458. The molecular weight excluding hydrogens is 489 g/mol. The first kappa shape index (κ1) is 25.4. The molecule has 0 bridgehead atoms. The Kier molecular flexibility index (Phi) is 7.34. The third kappa shape index (κ3) is 5.00. The predicted octanol–water partition coefficient (Wildman–Crippen LogP) is 2.20. The van der Waals surface area contributed by atoms with Gasteiger partial charge in [0.2, 0.25) is 0 Å². The first-order valence-electron chi connectivity index (χ1n) is 11.8. The van der Waals surface area contributed by atoms with Crippen molar-refractivity contribution in [2.75, 3.05) is 5.73 Å². The molecule has 0 spiro atoms. The number of anilines is 1. The molecule has 2 heterocycles. The smallest absolute Gasteiger partial charge is 0.258 e. The van der Waals surface area contributed by atoms with Gasteiger partial charge in [-0.15, -0.1) is 0 Å². The molecule has 2 aromatic heterocycles. The van der Waals surface area contributed by atoms with Crippen LogP contribution in [0.5, 0.6) is 5.75 Å². The molecule has 1 aromatic carbocycles. The molecule has 4 rings (SSSR count). The minimum Gasteiger partial charge on any atom is -0.490 e. The minimum absolute atomic E-state index is 0.140. The molecule has 1 aliphatic carbocycles. The number of benzene rings is 1. The van der Waals surface area contributed by atoms with Crippen LogP contribution in [0.15, 0.2) is 18.5 Å². The van der Waals surface area contributed by atoms with Gasteiger partial charge in [-0.1, -0.05) is 18.1 Å². The van der Waals surface area contributed by atoms with Gasteiger partial charge in [-0.3, -0.25) is 4.79 Å². The van der Waals surface area contributed by atoms with Crippen LogP contribution >= 0.6 is 11.6 Å². The SMILES string of the molecule is Cc1nc([Si@@H](C)c2cc(Cl)c(F)c(C(=O)NC3CCC(O)CC3)c2OC(C)C)n2ccnc(N)c12. The van der Waals surface area contributed by atoms with Gasteiger partial charge in [-0.25, -0.2) is 14.4 Å². The number of nitrogens with one attached hydrogen (secondary N) is 1. The van der Waals surface area contributed by atoms with E-state index in [4.69, 9.17) is 27.1 Å². The second-order valence-electron chi connectivity index (χ2n) is 9.42. The fourth-order valence-electron chi connectivity index (χ4n) is 4.71. The van der Waals surface area contributed by atoms with Crippen LogP contribution < -0.4 is 26.4 Å². The highest BCUT2D eigenvalue weighted by Crippen LogP contribution is 2.29. The van der Waals surface area contributed by atoms with Gasteiger partial charge in [0, 0.05) is 18.4 Å². The number of amides is 1. The van der Waals surface area contributed by atoms with Gasteiger partial charge in [0.1, 0.15) is 31.4 Å². The van der Waals surface area contributed by atoms with E-state index < -0.39 is 20.5 Å². The molecule has 8 nitrogen and oxygen atoms in total. The Labute approximate surface area is 210 Å². The van der Waals surface area contributed by atoms with Crippen molar-refractivity contribution in [1.82, 2.24) is 19.7 Å². The number of hydrogen-bond donors (Lipinski definition) is 3. The Hall–Kier alpha value is -2.69. The normalized spacial score (nSPS) is 19.2. The lowest BCUT2D eigenvalue weighted by atomic mass is 9.93. The predicted molar refractivity (Wildman–Crippen MR) is 137 cm³/mol. The molecule has 35 heavy (non-hydrogen) atoms. The minimum atomic E-state index is -2.16. The maximum Gasteiger partial charge on any atom is 0.258 e. The topological polar surface area (TPSA) is 115 Å². The molecule has 11 heteroatoms. The molecule has 0 saturated heterocycles. The number of aliphatic hydroxyl groups is 1. The van der Waals surface area contributed by atoms with E-state index in [2.05, 4.69) is 10.3 Å². The van der Waals surface area contributed by atoms with E-state index in [1.54, 1.807) is 18.5 Å². The summed E-state index contributed by atoms with van der Waals surface area (Å²) in [5.41, 5.74) is 8.13. The Morgan fingerprint density at radius 3 is 2.71 bits per heavy atom. The van der Waals surface area contributed by atoms with E-state index in [0.717, 1.165) is 16.7 Å². The highest BCUT2D eigenvalue weighted by Gasteiger charge is 2.32. The van der Waals surface area contributed by atoms with Gasteiger partial charge in [0.05, 0.1) is 28.4 Å². The first-order valence-corrected chi connectivity index (χ1v) is 14.5. The Balaban J connectivity index is 1.81. The second-order valence-corrected chi connectivity index (χ2v) is 12.4. The van der Waals surface area contributed by atoms with E-state index in [1.165, 1.54) is 0 Å². The van der Waals surface area contributed by atoms with Crippen molar-refractivity contribution in [1.29, 1.82) is 0 Å². The van der Waals surface area contributed by atoms with Crippen molar-refractivity contribution < 1.29 is 19.0 Å². The number of nitrogen functional groups attached to an aromatic ring is 1. The zero-order chi connectivity index (χ0) is 25.4. The summed E-state index contributed by atoms with van der Waals surface area (Å²) in [7, 11) is -2.16. The average Bonchev–Trinajstić information content (AvgIpc) is 3.14. The van der Waals surface area contributed by atoms with Gasteiger partial charge >= 0.3 is 0 Å². The van der Waals surface area contributed by atoms with Crippen molar-refractivity contribution in [2.24, 2.45) is 0 Å². The monoisotopic (exact) mass is 519 g/mol. The van der Waals surface area contributed by atoms with E-state index in [-0.39, 0.29) is 34.6 Å². The van der Waals surface area contributed by atoms with Gasteiger partial charge in [-0.05, 0) is 57.7 Å². The number of hydrogen-bond acceptors (Lipinski definition) is 6. The Morgan fingerprint density at radius 1 is 1.37 bits per heavy atom. The summed E-state index contributed by atoms with van der Waals surface area (Å²) in [6.45, 7) is 7.55. The van der Waals surface area contributed by atoms with Gasteiger partial charge in [0.25, 0.3) is 5.91 Å². The number of ether oxygens (including phenoxy) is 1. The van der Waals surface area contributed by atoms with Crippen molar-refractivity contribution in [3.8, 4) is 5.75 Å². The molecular formula is C24H31ClFN5O3Si. The van der Waals surface area contributed by atoms with Crippen LogP contribution in [0.4, 0.5) is 10.2 Å².